The first-order chi connectivity index (χ1) is 16.2. The van der Waals surface area contributed by atoms with Crippen LogP contribution in [0, 0.1) is 0 Å². The summed E-state index contributed by atoms with van der Waals surface area (Å²) in [6, 6.07) is 19.5. The highest BCUT2D eigenvalue weighted by molar-refractivity contribution is 7.99. The molecule has 2 heterocycles. The second-order valence-corrected chi connectivity index (χ2v) is 8.86. The van der Waals surface area contributed by atoms with Crippen molar-refractivity contribution in [3.8, 4) is 11.5 Å². The number of nitrogens with zero attached hydrogens (tertiary/aromatic N) is 3. The largest absolute Gasteiger partial charge is 0.411 e. The molecule has 1 aliphatic heterocycles. The minimum Gasteiger partial charge on any atom is -0.411 e. The number of amides is 1. The fourth-order valence-electron chi connectivity index (χ4n) is 3.79. The summed E-state index contributed by atoms with van der Waals surface area (Å²) in [5.41, 5.74) is 2.47. The van der Waals surface area contributed by atoms with E-state index in [4.69, 9.17) is 20.8 Å². The molecule has 0 spiro atoms. The summed E-state index contributed by atoms with van der Waals surface area (Å²) in [5.74, 6) is 0.382. The van der Waals surface area contributed by atoms with Crippen LogP contribution in [0.3, 0.4) is 0 Å². The van der Waals surface area contributed by atoms with Crippen LogP contribution in [0.15, 0.2) is 70.3 Å². The maximum Gasteiger partial charge on any atom is 0.277 e. The zero-order valence-electron chi connectivity index (χ0n) is 17.7. The van der Waals surface area contributed by atoms with E-state index in [1.165, 1.54) is 11.8 Å². The molecule has 0 aliphatic carbocycles. The minimum atomic E-state index is -0.179. The van der Waals surface area contributed by atoms with E-state index >= 15 is 0 Å². The van der Waals surface area contributed by atoms with Crippen molar-refractivity contribution in [1.29, 1.82) is 0 Å². The Morgan fingerprint density at radius 2 is 1.88 bits per heavy atom. The van der Waals surface area contributed by atoms with E-state index in [0.717, 1.165) is 35.1 Å². The molecule has 7 nitrogen and oxygen atoms in total. The van der Waals surface area contributed by atoms with E-state index in [9.17, 15) is 4.79 Å². The molecule has 0 unspecified atom stereocenters. The summed E-state index contributed by atoms with van der Waals surface area (Å²) >= 11 is 7.38. The van der Waals surface area contributed by atoms with Gasteiger partial charge in [0.15, 0.2) is 0 Å². The van der Waals surface area contributed by atoms with Crippen LogP contribution in [0.2, 0.25) is 5.02 Å². The minimum absolute atomic E-state index is 0.131. The average molecular weight is 481 g/mol. The predicted molar refractivity (Wildman–Crippen MR) is 131 cm³/mol. The van der Waals surface area contributed by atoms with Crippen molar-refractivity contribution in [3.63, 3.8) is 0 Å². The molecule has 33 heavy (non-hydrogen) atoms. The third kappa shape index (κ3) is 4.98. The van der Waals surface area contributed by atoms with Crippen molar-refractivity contribution in [2.45, 2.75) is 5.22 Å². The van der Waals surface area contributed by atoms with Gasteiger partial charge in [0.2, 0.25) is 11.8 Å². The zero-order chi connectivity index (χ0) is 22.6. The molecular weight excluding hydrogens is 460 g/mol. The molecule has 0 radical (unpaired) electrons. The first-order valence-electron chi connectivity index (χ1n) is 10.5. The second-order valence-electron chi connectivity index (χ2n) is 7.50. The highest BCUT2D eigenvalue weighted by Gasteiger charge is 2.18. The molecule has 1 fully saturated rings. The first-order valence-corrected chi connectivity index (χ1v) is 11.9. The summed E-state index contributed by atoms with van der Waals surface area (Å²) < 4.78 is 11.3. The number of fused-ring (bicyclic) bond motifs is 1. The van der Waals surface area contributed by atoms with Crippen molar-refractivity contribution in [2.75, 3.05) is 42.3 Å². The molecule has 0 atom stereocenters. The fourth-order valence-corrected chi connectivity index (χ4v) is 4.53. The molecule has 0 bridgehead atoms. The molecule has 1 amide bonds. The average Bonchev–Trinajstić information content (AvgIpc) is 3.32. The van der Waals surface area contributed by atoms with Gasteiger partial charge in [-0.3, -0.25) is 4.79 Å². The summed E-state index contributed by atoms with van der Waals surface area (Å²) in [4.78, 5) is 14.9. The summed E-state index contributed by atoms with van der Waals surface area (Å²) in [6.07, 6.45) is 0. The maximum absolute atomic E-state index is 12.7. The molecular formula is C24H21ClN4O3S. The number of carbonyl (C=O) groups excluding carboxylic acids is 1. The first kappa shape index (κ1) is 21.8. The fraction of sp³-hybridized carbons (Fsp3) is 0.208. The molecule has 5 rings (SSSR count). The lowest BCUT2D eigenvalue weighted by Gasteiger charge is -2.30. The summed E-state index contributed by atoms with van der Waals surface area (Å²) in [5, 5.41) is 14.3. The molecule has 168 valence electrons. The van der Waals surface area contributed by atoms with Crippen LogP contribution in [-0.4, -0.2) is 48.2 Å². The lowest BCUT2D eigenvalue weighted by molar-refractivity contribution is -0.113. The summed E-state index contributed by atoms with van der Waals surface area (Å²) in [6.45, 7) is 2.83. The molecule has 1 aliphatic rings. The zero-order valence-corrected chi connectivity index (χ0v) is 19.2. The highest BCUT2D eigenvalue weighted by atomic mass is 35.5. The van der Waals surface area contributed by atoms with Gasteiger partial charge in [-0.1, -0.05) is 59.8 Å². The Morgan fingerprint density at radius 1 is 1.06 bits per heavy atom. The molecule has 3 aromatic carbocycles. The number of rotatable bonds is 6. The van der Waals surface area contributed by atoms with Crippen LogP contribution >= 0.6 is 23.4 Å². The standard InChI is InChI=1S/C24H21ClN4O3S/c25-17-8-9-21(29-10-12-31-13-11-29)20(14-17)26-22(30)15-33-24-28-27-23(32-24)19-7-3-5-16-4-1-2-6-18(16)19/h1-9,14H,10-13,15H2,(H,26,30). The van der Waals surface area contributed by atoms with Gasteiger partial charge in [-0.15, -0.1) is 10.2 Å². The van der Waals surface area contributed by atoms with E-state index in [1.54, 1.807) is 6.07 Å². The number of anilines is 2. The number of ether oxygens (including phenoxy) is 1. The number of morpholine rings is 1. The van der Waals surface area contributed by atoms with Crippen LogP contribution in [-0.2, 0) is 9.53 Å². The lowest BCUT2D eigenvalue weighted by atomic mass is 10.0. The Labute approximate surface area is 200 Å². The lowest BCUT2D eigenvalue weighted by Crippen LogP contribution is -2.36. The Bertz CT molecular complexity index is 1280. The van der Waals surface area contributed by atoms with Gasteiger partial charge in [0.25, 0.3) is 5.22 Å². The number of halogens is 1. The van der Waals surface area contributed by atoms with Crippen molar-refractivity contribution >= 4 is 51.4 Å². The van der Waals surface area contributed by atoms with Crippen LogP contribution in [0.4, 0.5) is 11.4 Å². The smallest absolute Gasteiger partial charge is 0.277 e. The number of thioether (sulfide) groups is 1. The van der Waals surface area contributed by atoms with Crippen LogP contribution in [0.5, 0.6) is 0 Å². The molecule has 9 heteroatoms. The van der Waals surface area contributed by atoms with Gasteiger partial charge in [-0.2, -0.15) is 0 Å². The second kappa shape index (κ2) is 9.82. The van der Waals surface area contributed by atoms with Crippen molar-refractivity contribution < 1.29 is 13.9 Å². The molecule has 1 aromatic heterocycles. The number of benzene rings is 3. The quantitative estimate of drug-likeness (QED) is 0.384. The Morgan fingerprint density at radius 3 is 2.76 bits per heavy atom. The number of hydrogen-bond donors (Lipinski definition) is 1. The van der Waals surface area contributed by atoms with E-state index in [0.29, 0.717) is 35.0 Å². The normalized spacial score (nSPS) is 13.9. The molecule has 1 saturated heterocycles. The number of aromatic nitrogens is 2. The highest BCUT2D eigenvalue weighted by Crippen LogP contribution is 2.31. The van der Waals surface area contributed by atoms with Gasteiger partial charge in [-0.25, -0.2) is 0 Å². The van der Waals surface area contributed by atoms with Crippen molar-refractivity contribution in [3.05, 3.63) is 65.7 Å². The van der Waals surface area contributed by atoms with Gasteiger partial charge in [0.1, 0.15) is 0 Å². The van der Waals surface area contributed by atoms with E-state index in [2.05, 4.69) is 20.4 Å². The molecule has 4 aromatic rings. The van der Waals surface area contributed by atoms with Gasteiger partial charge in [0, 0.05) is 23.7 Å². The van der Waals surface area contributed by atoms with Crippen LogP contribution < -0.4 is 10.2 Å². The Kier molecular flexibility index (Phi) is 6.48. The van der Waals surface area contributed by atoms with E-state index in [-0.39, 0.29) is 11.7 Å². The van der Waals surface area contributed by atoms with E-state index in [1.807, 2.05) is 54.6 Å². The SMILES string of the molecule is O=C(CSc1nnc(-c2cccc3ccccc23)o1)Nc1cc(Cl)ccc1N1CCOCC1. The third-order valence-corrected chi connectivity index (χ3v) is 6.39. The van der Waals surface area contributed by atoms with Gasteiger partial charge in [-0.05, 0) is 35.0 Å². The predicted octanol–water partition coefficient (Wildman–Crippen LogP) is 5.11. The Balaban J connectivity index is 1.26. The number of hydrogen-bond acceptors (Lipinski definition) is 7. The monoisotopic (exact) mass is 480 g/mol. The van der Waals surface area contributed by atoms with Crippen LogP contribution in [0.25, 0.3) is 22.2 Å². The van der Waals surface area contributed by atoms with Gasteiger partial charge < -0.3 is 19.4 Å². The maximum atomic E-state index is 12.7. The molecule has 1 N–H and O–H groups in total. The van der Waals surface area contributed by atoms with Gasteiger partial charge in [0.05, 0.1) is 30.3 Å². The number of nitrogens with one attached hydrogen (secondary N) is 1. The third-order valence-electron chi connectivity index (χ3n) is 5.34. The van der Waals surface area contributed by atoms with Gasteiger partial charge >= 0.3 is 0 Å². The molecule has 0 saturated carbocycles. The van der Waals surface area contributed by atoms with Crippen molar-refractivity contribution in [1.82, 2.24) is 10.2 Å². The summed E-state index contributed by atoms with van der Waals surface area (Å²) in [7, 11) is 0. The van der Waals surface area contributed by atoms with E-state index < -0.39 is 0 Å². The van der Waals surface area contributed by atoms with Crippen LogP contribution in [0.1, 0.15) is 0 Å². The van der Waals surface area contributed by atoms with Crippen molar-refractivity contribution in [2.24, 2.45) is 0 Å². The topological polar surface area (TPSA) is 80.5 Å². The Hall–Kier alpha value is -3.07. The number of carbonyl (C=O) groups is 1.